The summed E-state index contributed by atoms with van der Waals surface area (Å²) < 4.78 is 4.58. The van der Waals surface area contributed by atoms with Gasteiger partial charge < -0.3 is 4.74 Å². The van der Waals surface area contributed by atoms with Crippen LogP contribution in [0.5, 0.6) is 0 Å². The standard InChI is InChI=1S/C10H11NO3/c1-14-10(12)9(7-11-13)8-5-3-2-4-6-8/h2-6,9H,7H2,1H3. The van der Waals surface area contributed by atoms with Crippen LogP contribution in [0, 0.1) is 4.91 Å². The van der Waals surface area contributed by atoms with E-state index in [1.54, 1.807) is 24.3 Å². The molecule has 74 valence electrons. The van der Waals surface area contributed by atoms with Crippen LogP contribution in [-0.4, -0.2) is 19.6 Å². The van der Waals surface area contributed by atoms with E-state index < -0.39 is 11.9 Å². The normalized spacial score (nSPS) is 11.8. The fraction of sp³-hybridized carbons (Fsp3) is 0.300. The number of nitrogens with zero attached hydrogens (tertiary/aromatic N) is 1. The molecule has 1 unspecified atom stereocenters. The molecule has 0 spiro atoms. The number of esters is 1. The number of ether oxygens (including phenoxy) is 1. The smallest absolute Gasteiger partial charge is 0.315 e. The Labute approximate surface area is 81.9 Å². The molecule has 0 aliphatic rings. The molecule has 0 fully saturated rings. The average molecular weight is 193 g/mol. The molecule has 1 aromatic carbocycles. The highest BCUT2D eigenvalue weighted by molar-refractivity contribution is 5.78. The number of carbonyl (C=O) groups is 1. The first-order valence-electron chi connectivity index (χ1n) is 4.21. The van der Waals surface area contributed by atoms with Crippen molar-refractivity contribution in [1.82, 2.24) is 0 Å². The minimum Gasteiger partial charge on any atom is -0.468 e. The van der Waals surface area contributed by atoms with Crippen molar-refractivity contribution in [3.63, 3.8) is 0 Å². The number of methoxy groups -OCH3 is 1. The Bertz CT molecular complexity index is 310. The third-order valence-corrected chi connectivity index (χ3v) is 1.94. The quantitative estimate of drug-likeness (QED) is 0.540. The molecule has 14 heavy (non-hydrogen) atoms. The van der Waals surface area contributed by atoms with Gasteiger partial charge in [0.2, 0.25) is 0 Å². The Kier molecular flexibility index (Phi) is 3.79. The van der Waals surface area contributed by atoms with Gasteiger partial charge in [0.25, 0.3) is 0 Å². The van der Waals surface area contributed by atoms with E-state index in [1.165, 1.54) is 7.11 Å². The van der Waals surface area contributed by atoms with E-state index in [9.17, 15) is 9.70 Å². The van der Waals surface area contributed by atoms with Crippen LogP contribution in [0.3, 0.4) is 0 Å². The van der Waals surface area contributed by atoms with Gasteiger partial charge in [0.15, 0.2) is 0 Å². The second-order valence-corrected chi connectivity index (χ2v) is 2.80. The van der Waals surface area contributed by atoms with Gasteiger partial charge in [0, 0.05) is 0 Å². The lowest BCUT2D eigenvalue weighted by Gasteiger charge is -2.10. The molecule has 1 rings (SSSR count). The van der Waals surface area contributed by atoms with E-state index >= 15 is 0 Å². The zero-order valence-corrected chi connectivity index (χ0v) is 7.84. The van der Waals surface area contributed by atoms with Crippen LogP contribution in [0.25, 0.3) is 0 Å². The van der Waals surface area contributed by atoms with E-state index in [1.807, 2.05) is 6.07 Å². The summed E-state index contributed by atoms with van der Waals surface area (Å²) in [5.41, 5.74) is 0.749. The Balaban J connectivity index is 2.88. The first-order chi connectivity index (χ1) is 6.79. The van der Waals surface area contributed by atoms with E-state index in [2.05, 4.69) is 9.91 Å². The molecular weight excluding hydrogens is 182 g/mol. The topological polar surface area (TPSA) is 55.7 Å². The molecule has 0 aromatic heterocycles. The second-order valence-electron chi connectivity index (χ2n) is 2.80. The molecule has 0 heterocycles. The summed E-state index contributed by atoms with van der Waals surface area (Å²) in [7, 11) is 1.29. The molecule has 4 nitrogen and oxygen atoms in total. The number of benzene rings is 1. The predicted octanol–water partition coefficient (Wildman–Crippen LogP) is 1.71. The van der Waals surface area contributed by atoms with Crippen molar-refractivity contribution in [1.29, 1.82) is 0 Å². The van der Waals surface area contributed by atoms with Crippen molar-refractivity contribution in [2.24, 2.45) is 5.18 Å². The molecule has 1 aromatic rings. The van der Waals surface area contributed by atoms with E-state index in [0.717, 1.165) is 5.56 Å². The number of nitroso groups, excluding NO2 is 1. The van der Waals surface area contributed by atoms with E-state index in [-0.39, 0.29) is 6.54 Å². The highest BCUT2D eigenvalue weighted by Gasteiger charge is 2.21. The number of hydrogen-bond acceptors (Lipinski definition) is 4. The molecule has 4 heteroatoms. The van der Waals surface area contributed by atoms with Crippen LogP contribution < -0.4 is 0 Å². The molecule has 0 aliphatic carbocycles. The second kappa shape index (κ2) is 5.11. The van der Waals surface area contributed by atoms with Crippen molar-refractivity contribution in [2.75, 3.05) is 13.7 Å². The van der Waals surface area contributed by atoms with Gasteiger partial charge in [-0.1, -0.05) is 35.5 Å². The van der Waals surface area contributed by atoms with Gasteiger partial charge in [-0.25, -0.2) is 0 Å². The Hall–Kier alpha value is -1.71. The van der Waals surface area contributed by atoms with E-state index in [4.69, 9.17) is 0 Å². The average Bonchev–Trinajstić information content (AvgIpc) is 2.26. The van der Waals surface area contributed by atoms with Crippen molar-refractivity contribution in [2.45, 2.75) is 5.92 Å². The highest BCUT2D eigenvalue weighted by atomic mass is 16.5. The third kappa shape index (κ3) is 2.39. The lowest BCUT2D eigenvalue weighted by atomic mass is 10.00. The van der Waals surface area contributed by atoms with Crippen LogP contribution in [0.1, 0.15) is 11.5 Å². The molecule has 0 amide bonds. The van der Waals surface area contributed by atoms with Gasteiger partial charge in [0.1, 0.15) is 5.92 Å². The maximum Gasteiger partial charge on any atom is 0.315 e. The van der Waals surface area contributed by atoms with Crippen molar-refractivity contribution >= 4 is 5.97 Å². The van der Waals surface area contributed by atoms with Gasteiger partial charge in [-0.3, -0.25) is 4.79 Å². The molecular formula is C10H11NO3. The van der Waals surface area contributed by atoms with Crippen LogP contribution in [0.4, 0.5) is 0 Å². The maximum atomic E-state index is 11.3. The summed E-state index contributed by atoms with van der Waals surface area (Å²) in [6, 6.07) is 8.98. The molecule has 0 saturated carbocycles. The largest absolute Gasteiger partial charge is 0.468 e. The Morgan fingerprint density at radius 3 is 2.57 bits per heavy atom. The number of hydrogen-bond donors (Lipinski definition) is 0. The molecule has 1 atom stereocenters. The van der Waals surface area contributed by atoms with Crippen molar-refractivity contribution in [3.05, 3.63) is 40.8 Å². The molecule has 0 radical (unpaired) electrons. The van der Waals surface area contributed by atoms with Crippen LogP contribution >= 0.6 is 0 Å². The van der Waals surface area contributed by atoms with Gasteiger partial charge in [0.05, 0.1) is 13.7 Å². The van der Waals surface area contributed by atoms with Gasteiger partial charge in [-0.05, 0) is 5.56 Å². The van der Waals surface area contributed by atoms with Crippen LogP contribution in [-0.2, 0) is 9.53 Å². The molecule has 0 N–H and O–H groups in total. The lowest BCUT2D eigenvalue weighted by molar-refractivity contribution is -0.142. The fourth-order valence-corrected chi connectivity index (χ4v) is 1.22. The van der Waals surface area contributed by atoms with E-state index in [0.29, 0.717) is 0 Å². The number of carbonyl (C=O) groups excluding carboxylic acids is 1. The molecule has 0 bridgehead atoms. The highest BCUT2D eigenvalue weighted by Crippen LogP contribution is 2.17. The van der Waals surface area contributed by atoms with Crippen molar-refractivity contribution in [3.8, 4) is 0 Å². The summed E-state index contributed by atoms with van der Waals surface area (Å²) in [6.45, 7) is -0.0866. The fourth-order valence-electron chi connectivity index (χ4n) is 1.22. The summed E-state index contributed by atoms with van der Waals surface area (Å²) in [5.74, 6) is -1.02. The monoisotopic (exact) mass is 193 g/mol. The lowest BCUT2D eigenvalue weighted by Crippen LogP contribution is -2.16. The summed E-state index contributed by atoms with van der Waals surface area (Å²) in [6.07, 6.45) is 0. The zero-order valence-electron chi connectivity index (χ0n) is 7.84. The van der Waals surface area contributed by atoms with Crippen molar-refractivity contribution < 1.29 is 9.53 Å². The van der Waals surface area contributed by atoms with Gasteiger partial charge in [-0.2, -0.15) is 4.91 Å². The van der Waals surface area contributed by atoms with Crippen LogP contribution in [0.15, 0.2) is 35.5 Å². The number of rotatable bonds is 4. The van der Waals surface area contributed by atoms with Crippen LogP contribution in [0.2, 0.25) is 0 Å². The van der Waals surface area contributed by atoms with Gasteiger partial charge in [-0.15, -0.1) is 0 Å². The zero-order chi connectivity index (χ0) is 10.4. The maximum absolute atomic E-state index is 11.3. The summed E-state index contributed by atoms with van der Waals surface area (Å²) >= 11 is 0. The molecule has 0 aliphatic heterocycles. The first kappa shape index (κ1) is 10.4. The predicted molar refractivity (Wildman–Crippen MR) is 51.9 cm³/mol. The first-order valence-corrected chi connectivity index (χ1v) is 4.21. The SMILES string of the molecule is COC(=O)C(CN=O)c1ccccc1. The van der Waals surface area contributed by atoms with Gasteiger partial charge >= 0.3 is 5.97 Å². The third-order valence-electron chi connectivity index (χ3n) is 1.94. The Morgan fingerprint density at radius 2 is 2.07 bits per heavy atom. The molecule has 0 saturated heterocycles. The minimum atomic E-state index is -0.585. The Morgan fingerprint density at radius 1 is 1.43 bits per heavy atom. The summed E-state index contributed by atoms with van der Waals surface area (Å²) in [5, 5.41) is 2.73. The summed E-state index contributed by atoms with van der Waals surface area (Å²) in [4.78, 5) is 21.4. The minimum absolute atomic E-state index is 0.0866.